The minimum Gasteiger partial charge on any atom is -0.494 e. The van der Waals surface area contributed by atoms with E-state index in [-0.39, 0.29) is 11.3 Å². The molecule has 0 atom stereocenters. The van der Waals surface area contributed by atoms with E-state index in [1.165, 1.54) is 11.8 Å². The number of fused-ring (bicyclic) bond motifs is 1. The number of nitrogens with two attached hydrogens (primary N) is 1. The van der Waals surface area contributed by atoms with Gasteiger partial charge in [0.2, 0.25) is 5.88 Å². The molecule has 1 aromatic heterocycles. The van der Waals surface area contributed by atoms with Gasteiger partial charge < -0.3 is 16.2 Å². The van der Waals surface area contributed by atoms with E-state index in [1.54, 1.807) is 18.2 Å². The molecule has 0 saturated heterocycles. The third-order valence-corrected chi connectivity index (χ3v) is 5.44. The van der Waals surface area contributed by atoms with Gasteiger partial charge in [-0.15, -0.1) is 11.8 Å². The van der Waals surface area contributed by atoms with Crippen LogP contribution in [0.2, 0.25) is 0 Å². The van der Waals surface area contributed by atoms with Gasteiger partial charge in [0.1, 0.15) is 17.2 Å². The van der Waals surface area contributed by atoms with Crippen molar-refractivity contribution in [2.75, 3.05) is 11.1 Å². The maximum Gasteiger partial charge on any atom is 0.326 e. The van der Waals surface area contributed by atoms with E-state index in [9.17, 15) is 23.5 Å². The number of aromatic hydroxyl groups is 1. The van der Waals surface area contributed by atoms with Gasteiger partial charge in [-0.3, -0.25) is 4.79 Å². The number of aromatic nitrogens is 1. The zero-order valence-corrected chi connectivity index (χ0v) is 16.4. The Morgan fingerprint density at radius 1 is 1.24 bits per heavy atom. The Kier molecular flexibility index (Phi) is 6.07. The van der Waals surface area contributed by atoms with E-state index < -0.39 is 29.5 Å². The molecule has 0 aliphatic heterocycles. The summed E-state index contributed by atoms with van der Waals surface area (Å²) in [5.41, 5.74) is 5.26. The second-order valence-electron chi connectivity index (χ2n) is 6.30. The zero-order valence-electron chi connectivity index (χ0n) is 15.5. The molecule has 0 spiro atoms. The number of thioether (sulfide) groups is 1. The van der Waals surface area contributed by atoms with Crippen LogP contribution in [0.3, 0.4) is 0 Å². The van der Waals surface area contributed by atoms with E-state index in [1.807, 2.05) is 0 Å². The number of carbonyl (C=O) groups is 2. The Bertz CT molecular complexity index is 1100. The van der Waals surface area contributed by atoms with E-state index in [0.717, 1.165) is 35.3 Å². The predicted octanol–water partition coefficient (Wildman–Crippen LogP) is 4.70. The number of hydrogen-bond donors (Lipinski definition) is 3. The van der Waals surface area contributed by atoms with Crippen LogP contribution in [0.4, 0.5) is 19.3 Å². The first-order valence-electron chi connectivity index (χ1n) is 8.90. The smallest absolute Gasteiger partial charge is 0.326 e. The van der Waals surface area contributed by atoms with Crippen molar-refractivity contribution in [2.24, 2.45) is 5.73 Å². The van der Waals surface area contributed by atoms with Crippen molar-refractivity contribution in [3.63, 3.8) is 0 Å². The molecule has 3 rings (SSSR count). The standard InChI is InChI=1S/C20H19F2N3O3S/c1-2-3-9-29-15-6-4-5-12-16(19(27)25(17(12)15)20(23)28)18(26)24-14-8-7-11(21)10-13(14)22/h4-8,10,27H,2-3,9H2,1H3,(H2,23,28)(H,24,26). The summed E-state index contributed by atoms with van der Waals surface area (Å²) in [5, 5.41) is 13.2. The number of unbranched alkanes of at least 4 members (excludes halogenated alkanes) is 1. The fourth-order valence-electron chi connectivity index (χ4n) is 2.95. The SMILES string of the molecule is CCCCSc1cccc2c(C(=O)Nc3ccc(F)cc3F)c(O)n(C(N)=O)c12. The van der Waals surface area contributed by atoms with Gasteiger partial charge in [0, 0.05) is 16.3 Å². The molecule has 0 saturated carbocycles. The number of rotatable bonds is 6. The van der Waals surface area contributed by atoms with Crippen molar-refractivity contribution in [1.82, 2.24) is 4.57 Å². The fourth-order valence-corrected chi connectivity index (χ4v) is 4.12. The van der Waals surface area contributed by atoms with Crippen LogP contribution in [-0.4, -0.2) is 27.4 Å². The first-order chi connectivity index (χ1) is 13.8. The van der Waals surface area contributed by atoms with Crippen LogP contribution < -0.4 is 11.1 Å². The maximum atomic E-state index is 13.9. The molecule has 0 fully saturated rings. The van der Waals surface area contributed by atoms with Gasteiger partial charge in [0.15, 0.2) is 0 Å². The van der Waals surface area contributed by atoms with Crippen molar-refractivity contribution in [3.05, 3.63) is 53.6 Å². The quantitative estimate of drug-likeness (QED) is 0.399. The molecule has 3 aromatic rings. The summed E-state index contributed by atoms with van der Waals surface area (Å²) >= 11 is 1.47. The monoisotopic (exact) mass is 419 g/mol. The summed E-state index contributed by atoms with van der Waals surface area (Å²) in [6.07, 6.45) is 1.93. The lowest BCUT2D eigenvalue weighted by molar-refractivity contribution is 0.102. The van der Waals surface area contributed by atoms with Gasteiger partial charge in [-0.05, 0) is 30.4 Å². The molecule has 152 valence electrons. The molecule has 2 amide bonds. The largest absolute Gasteiger partial charge is 0.494 e. The fraction of sp³-hybridized carbons (Fsp3) is 0.200. The molecule has 9 heteroatoms. The normalized spacial score (nSPS) is 11.0. The van der Waals surface area contributed by atoms with Crippen molar-refractivity contribution >= 4 is 40.3 Å². The number of halogens is 2. The number of para-hydroxylation sites is 1. The van der Waals surface area contributed by atoms with E-state index in [2.05, 4.69) is 12.2 Å². The highest BCUT2D eigenvalue weighted by Crippen LogP contribution is 2.37. The Hall–Kier alpha value is -3.07. The van der Waals surface area contributed by atoms with Crippen LogP contribution in [0.1, 0.15) is 30.1 Å². The second kappa shape index (κ2) is 8.52. The highest BCUT2D eigenvalue weighted by atomic mass is 32.2. The summed E-state index contributed by atoms with van der Waals surface area (Å²) in [4.78, 5) is 25.5. The third-order valence-electron chi connectivity index (χ3n) is 4.31. The molecule has 6 nitrogen and oxygen atoms in total. The number of benzene rings is 2. The molecule has 1 heterocycles. The highest BCUT2D eigenvalue weighted by molar-refractivity contribution is 7.99. The number of hydrogen-bond acceptors (Lipinski definition) is 4. The van der Waals surface area contributed by atoms with Crippen LogP contribution in [0.25, 0.3) is 10.9 Å². The average Bonchev–Trinajstić information content (AvgIpc) is 2.97. The number of carbonyl (C=O) groups excluding carboxylic acids is 2. The van der Waals surface area contributed by atoms with Crippen LogP contribution >= 0.6 is 11.8 Å². The molecule has 2 aromatic carbocycles. The molecule has 4 N–H and O–H groups in total. The van der Waals surface area contributed by atoms with Crippen molar-refractivity contribution < 1.29 is 23.5 Å². The van der Waals surface area contributed by atoms with Crippen LogP contribution in [0, 0.1) is 11.6 Å². The maximum absolute atomic E-state index is 13.9. The molecule has 0 bridgehead atoms. The minimum absolute atomic E-state index is 0.222. The predicted molar refractivity (Wildman–Crippen MR) is 109 cm³/mol. The van der Waals surface area contributed by atoms with Gasteiger partial charge in [-0.1, -0.05) is 25.5 Å². The number of primary amides is 1. The zero-order chi connectivity index (χ0) is 21.1. The molecule has 0 unspecified atom stereocenters. The highest BCUT2D eigenvalue weighted by Gasteiger charge is 2.27. The van der Waals surface area contributed by atoms with Gasteiger partial charge in [-0.2, -0.15) is 0 Å². The van der Waals surface area contributed by atoms with Crippen molar-refractivity contribution in [1.29, 1.82) is 0 Å². The Morgan fingerprint density at radius 3 is 2.66 bits per heavy atom. The van der Waals surface area contributed by atoms with Crippen LogP contribution in [0.5, 0.6) is 5.88 Å². The van der Waals surface area contributed by atoms with Gasteiger partial charge in [0.25, 0.3) is 5.91 Å². The van der Waals surface area contributed by atoms with Crippen LogP contribution in [-0.2, 0) is 0 Å². The Balaban J connectivity index is 2.10. The van der Waals surface area contributed by atoms with Gasteiger partial charge in [-0.25, -0.2) is 18.1 Å². The Labute approximate surface area is 169 Å². The van der Waals surface area contributed by atoms with E-state index in [4.69, 9.17) is 5.73 Å². The van der Waals surface area contributed by atoms with Gasteiger partial charge >= 0.3 is 6.03 Å². The van der Waals surface area contributed by atoms with E-state index >= 15 is 0 Å². The topological polar surface area (TPSA) is 97.3 Å². The summed E-state index contributed by atoms with van der Waals surface area (Å²) in [6, 6.07) is 6.76. The summed E-state index contributed by atoms with van der Waals surface area (Å²) in [6.45, 7) is 2.05. The number of nitrogens with one attached hydrogen (secondary N) is 1. The third kappa shape index (κ3) is 4.04. The second-order valence-corrected chi connectivity index (χ2v) is 7.44. The number of amides is 2. The molecule has 0 aliphatic carbocycles. The first-order valence-corrected chi connectivity index (χ1v) is 9.89. The molecular weight excluding hydrogens is 400 g/mol. The van der Waals surface area contributed by atoms with Crippen molar-refractivity contribution in [3.8, 4) is 5.88 Å². The van der Waals surface area contributed by atoms with E-state index in [0.29, 0.717) is 21.9 Å². The summed E-state index contributed by atoms with van der Waals surface area (Å²) < 4.78 is 27.9. The average molecular weight is 419 g/mol. The number of nitrogens with zero attached hydrogens (tertiary/aromatic N) is 1. The first kappa shape index (κ1) is 20.7. The lowest BCUT2D eigenvalue weighted by atomic mass is 10.1. The molecule has 0 radical (unpaired) electrons. The van der Waals surface area contributed by atoms with Crippen LogP contribution in [0.15, 0.2) is 41.3 Å². The Morgan fingerprint density at radius 2 is 2.00 bits per heavy atom. The number of anilines is 1. The molecular formula is C20H19F2N3O3S. The molecule has 29 heavy (non-hydrogen) atoms. The summed E-state index contributed by atoms with van der Waals surface area (Å²) in [5.74, 6) is -2.47. The molecule has 0 aliphatic rings. The lowest BCUT2D eigenvalue weighted by Gasteiger charge is -2.06. The lowest BCUT2D eigenvalue weighted by Crippen LogP contribution is -2.19. The van der Waals surface area contributed by atoms with Crippen molar-refractivity contribution in [2.45, 2.75) is 24.7 Å². The minimum atomic E-state index is -0.965. The summed E-state index contributed by atoms with van der Waals surface area (Å²) in [7, 11) is 0. The van der Waals surface area contributed by atoms with Gasteiger partial charge in [0.05, 0.1) is 11.2 Å².